The highest BCUT2D eigenvalue weighted by Gasteiger charge is 2.39. The summed E-state index contributed by atoms with van der Waals surface area (Å²) in [5, 5.41) is 2.91. The number of amides is 1. The van der Waals surface area contributed by atoms with E-state index >= 15 is 0 Å². The molecule has 144 valence electrons. The van der Waals surface area contributed by atoms with Crippen molar-refractivity contribution in [3.05, 3.63) is 62.4 Å². The Balaban J connectivity index is 1.75. The van der Waals surface area contributed by atoms with Crippen LogP contribution in [0.2, 0.25) is 10.0 Å². The number of aliphatic imine (C=N–C) groups is 1. The SMILES string of the molecule is CCN1C(=O)C(=C2Sc3ccc(Cl)cc3N2CC)SC1=Nc1cccc(Cl)c1. The molecule has 28 heavy (non-hydrogen) atoms. The van der Waals surface area contributed by atoms with Crippen LogP contribution in [0.1, 0.15) is 13.8 Å². The van der Waals surface area contributed by atoms with Crippen LogP contribution in [-0.4, -0.2) is 29.1 Å². The van der Waals surface area contributed by atoms with Crippen molar-refractivity contribution in [1.82, 2.24) is 4.90 Å². The molecule has 2 aliphatic rings. The molecule has 0 radical (unpaired) electrons. The van der Waals surface area contributed by atoms with E-state index in [2.05, 4.69) is 16.8 Å². The van der Waals surface area contributed by atoms with E-state index in [1.54, 1.807) is 28.8 Å². The zero-order valence-corrected chi connectivity index (χ0v) is 18.4. The molecular formula is C20H17Cl2N3OS2. The third kappa shape index (κ3) is 3.54. The summed E-state index contributed by atoms with van der Waals surface area (Å²) in [5.74, 6) is -0.0202. The molecule has 4 nitrogen and oxygen atoms in total. The maximum Gasteiger partial charge on any atom is 0.269 e. The Morgan fingerprint density at radius 2 is 1.71 bits per heavy atom. The number of anilines is 1. The van der Waals surface area contributed by atoms with E-state index in [0.717, 1.165) is 27.8 Å². The molecule has 0 unspecified atom stereocenters. The first-order valence-corrected chi connectivity index (χ1v) is 11.2. The lowest BCUT2D eigenvalue weighted by Gasteiger charge is -2.19. The van der Waals surface area contributed by atoms with Gasteiger partial charge in [0.25, 0.3) is 5.91 Å². The van der Waals surface area contributed by atoms with E-state index in [4.69, 9.17) is 23.2 Å². The highest BCUT2D eigenvalue weighted by molar-refractivity contribution is 8.19. The van der Waals surface area contributed by atoms with Crippen molar-refractivity contribution in [2.45, 2.75) is 18.7 Å². The highest BCUT2D eigenvalue weighted by Crippen LogP contribution is 2.51. The summed E-state index contributed by atoms with van der Waals surface area (Å²) >= 11 is 15.3. The molecule has 0 saturated carbocycles. The summed E-state index contributed by atoms with van der Waals surface area (Å²) < 4.78 is 0. The second-order valence-corrected chi connectivity index (χ2v) is 9.00. The number of hydrogen-bond donors (Lipinski definition) is 0. The Hall–Kier alpha value is -1.60. The monoisotopic (exact) mass is 449 g/mol. The van der Waals surface area contributed by atoms with Gasteiger partial charge in [-0.15, -0.1) is 0 Å². The summed E-state index contributed by atoms with van der Waals surface area (Å²) in [6.07, 6.45) is 0. The zero-order chi connectivity index (χ0) is 19.8. The van der Waals surface area contributed by atoms with Crippen molar-refractivity contribution in [2.24, 2.45) is 4.99 Å². The number of rotatable bonds is 3. The van der Waals surface area contributed by atoms with Gasteiger partial charge in [-0.3, -0.25) is 9.69 Å². The number of amidine groups is 1. The van der Waals surface area contributed by atoms with Gasteiger partial charge in [-0.1, -0.05) is 41.0 Å². The van der Waals surface area contributed by atoms with Crippen LogP contribution in [0.3, 0.4) is 0 Å². The van der Waals surface area contributed by atoms with Crippen molar-refractivity contribution < 1.29 is 4.79 Å². The van der Waals surface area contributed by atoms with Gasteiger partial charge in [0.05, 0.1) is 11.4 Å². The molecule has 0 spiro atoms. The fourth-order valence-corrected chi connectivity index (χ4v) is 5.88. The Kier molecular flexibility index (Phi) is 5.65. The molecule has 1 saturated heterocycles. The van der Waals surface area contributed by atoms with Gasteiger partial charge in [0, 0.05) is 28.0 Å². The number of thioether (sulfide) groups is 2. The minimum atomic E-state index is -0.0202. The summed E-state index contributed by atoms with van der Waals surface area (Å²) in [5.41, 5.74) is 1.77. The second-order valence-electron chi connectivity index (χ2n) is 6.12. The van der Waals surface area contributed by atoms with Crippen molar-refractivity contribution in [2.75, 3.05) is 18.0 Å². The molecule has 2 heterocycles. The molecule has 8 heteroatoms. The van der Waals surface area contributed by atoms with Gasteiger partial charge in [-0.05, 0) is 62.0 Å². The van der Waals surface area contributed by atoms with E-state index in [0.29, 0.717) is 26.7 Å². The number of carbonyl (C=O) groups excluding carboxylic acids is 1. The van der Waals surface area contributed by atoms with E-state index < -0.39 is 0 Å². The van der Waals surface area contributed by atoms with Crippen LogP contribution in [-0.2, 0) is 4.79 Å². The molecule has 0 aliphatic carbocycles. The van der Waals surface area contributed by atoms with Crippen LogP contribution in [0.4, 0.5) is 11.4 Å². The van der Waals surface area contributed by atoms with Crippen LogP contribution < -0.4 is 4.90 Å². The number of nitrogens with zero attached hydrogens (tertiary/aromatic N) is 3. The van der Waals surface area contributed by atoms with E-state index in [1.165, 1.54) is 11.8 Å². The molecule has 0 N–H and O–H groups in total. The lowest BCUT2D eigenvalue weighted by Crippen LogP contribution is -2.29. The molecule has 4 rings (SSSR count). The maximum absolute atomic E-state index is 13.1. The number of likely N-dealkylation sites (N-methyl/N-ethyl adjacent to an activating group) is 1. The lowest BCUT2D eigenvalue weighted by atomic mass is 10.3. The van der Waals surface area contributed by atoms with Crippen LogP contribution in [0.25, 0.3) is 0 Å². The molecule has 2 aromatic carbocycles. The summed E-state index contributed by atoms with van der Waals surface area (Å²) in [4.78, 5) is 23.5. The molecule has 2 aromatic rings. The molecule has 1 fully saturated rings. The standard InChI is InChI=1S/C20H17Cl2N3OS2/c1-3-24-15-11-13(22)8-9-16(15)27-19(24)17-18(26)25(4-2)20(28-17)23-14-7-5-6-12(21)10-14/h5-11H,3-4H2,1-2H3. The molecular weight excluding hydrogens is 433 g/mol. The number of hydrogen-bond acceptors (Lipinski definition) is 5. The fourth-order valence-electron chi connectivity index (χ4n) is 3.09. The Bertz CT molecular complexity index is 1020. The quantitative estimate of drug-likeness (QED) is 0.509. The first-order chi connectivity index (χ1) is 13.5. The maximum atomic E-state index is 13.1. The first-order valence-electron chi connectivity index (χ1n) is 8.85. The number of halogens is 2. The Morgan fingerprint density at radius 1 is 0.964 bits per heavy atom. The van der Waals surface area contributed by atoms with Gasteiger partial charge in [0.1, 0.15) is 9.93 Å². The number of fused-ring (bicyclic) bond motifs is 1. The van der Waals surface area contributed by atoms with Gasteiger partial charge in [-0.25, -0.2) is 4.99 Å². The second kappa shape index (κ2) is 8.03. The van der Waals surface area contributed by atoms with Gasteiger partial charge < -0.3 is 4.90 Å². The van der Waals surface area contributed by atoms with E-state index in [-0.39, 0.29) is 5.91 Å². The highest BCUT2D eigenvalue weighted by atomic mass is 35.5. The fraction of sp³-hybridized carbons (Fsp3) is 0.200. The van der Waals surface area contributed by atoms with Crippen molar-refractivity contribution in [3.63, 3.8) is 0 Å². The van der Waals surface area contributed by atoms with Crippen LogP contribution in [0, 0.1) is 0 Å². The average molecular weight is 450 g/mol. The largest absolute Gasteiger partial charge is 0.334 e. The molecule has 2 aliphatic heterocycles. The Morgan fingerprint density at radius 3 is 2.43 bits per heavy atom. The summed E-state index contributed by atoms with van der Waals surface area (Å²) in [6, 6.07) is 13.2. The van der Waals surface area contributed by atoms with Gasteiger partial charge in [0.15, 0.2) is 5.17 Å². The predicted octanol–water partition coefficient (Wildman–Crippen LogP) is 6.38. The predicted molar refractivity (Wildman–Crippen MR) is 121 cm³/mol. The zero-order valence-electron chi connectivity index (χ0n) is 15.3. The average Bonchev–Trinajstić information content (AvgIpc) is 3.18. The number of carbonyl (C=O) groups is 1. The smallest absolute Gasteiger partial charge is 0.269 e. The normalized spacial score (nSPS) is 20.4. The van der Waals surface area contributed by atoms with Gasteiger partial charge >= 0.3 is 0 Å². The van der Waals surface area contributed by atoms with Gasteiger partial charge in [-0.2, -0.15) is 0 Å². The van der Waals surface area contributed by atoms with Crippen molar-refractivity contribution in [1.29, 1.82) is 0 Å². The van der Waals surface area contributed by atoms with Gasteiger partial charge in [0.2, 0.25) is 0 Å². The molecule has 0 atom stereocenters. The Labute approximate surface area is 182 Å². The molecule has 0 bridgehead atoms. The summed E-state index contributed by atoms with van der Waals surface area (Å²) in [7, 11) is 0. The topological polar surface area (TPSA) is 35.9 Å². The van der Waals surface area contributed by atoms with Crippen molar-refractivity contribution in [3.8, 4) is 0 Å². The first kappa shape index (κ1) is 19.7. The molecule has 0 aromatic heterocycles. The number of benzene rings is 2. The summed E-state index contributed by atoms with van der Waals surface area (Å²) in [6.45, 7) is 5.32. The third-order valence-electron chi connectivity index (χ3n) is 4.39. The lowest BCUT2D eigenvalue weighted by molar-refractivity contribution is -0.122. The minimum absolute atomic E-state index is 0.0202. The third-order valence-corrected chi connectivity index (χ3v) is 7.24. The van der Waals surface area contributed by atoms with E-state index in [1.807, 2.05) is 37.3 Å². The van der Waals surface area contributed by atoms with Crippen molar-refractivity contribution >= 4 is 69.2 Å². The van der Waals surface area contributed by atoms with E-state index in [9.17, 15) is 4.79 Å². The molecule has 1 amide bonds. The van der Waals surface area contributed by atoms with Crippen LogP contribution in [0.5, 0.6) is 0 Å². The van der Waals surface area contributed by atoms with Crippen LogP contribution >= 0.6 is 46.7 Å². The minimum Gasteiger partial charge on any atom is -0.334 e. The van der Waals surface area contributed by atoms with Crippen LogP contribution in [0.15, 0.2) is 62.3 Å².